The van der Waals surface area contributed by atoms with Crippen LogP contribution in [0.15, 0.2) is 48.8 Å². The maximum absolute atomic E-state index is 13.7. The summed E-state index contributed by atoms with van der Waals surface area (Å²) >= 11 is 0. The van der Waals surface area contributed by atoms with Crippen LogP contribution in [0.1, 0.15) is 42.1 Å². The second-order valence-corrected chi connectivity index (χ2v) is 8.80. The highest BCUT2D eigenvalue weighted by Gasteiger charge is 2.29. The molecule has 176 valence electrons. The first-order valence-electron chi connectivity index (χ1n) is 11.7. The van der Waals surface area contributed by atoms with Gasteiger partial charge in [0.2, 0.25) is 5.91 Å². The van der Waals surface area contributed by atoms with Crippen molar-refractivity contribution in [3.63, 3.8) is 0 Å². The van der Waals surface area contributed by atoms with Crippen LogP contribution in [0.25, 0.3) is 16.5 Å². The summed E-state index contributed by atoms with van der Waals surface area (Å²) in [5.41, 5.74) is 4.30. The van der Waals surface area contributed by atoms with Gasteiger partial charge in [0.1, 0.15) is 0 Å². The van der Waals surface area contributed by atoms with Gasteiger partial charge in [-0.25, -0.2) is 0 Å². The summed E-state index contributed by atoms with van der Waals surface area (Å²) in [5, 5.41) is 0.961. The molecule has 1 aromatic heterocycles. The third kappa shape index (κ3) is 3.71. The summed E-state index contributed by atoms with van der Waals surface area (Å²) in [7, 11) is 3.22. The van der Waals surface area contributed by atoms with Crippen molar-refractivity contribution >= 4 is 34.0 Å². The third-order valence-corrected chi connectivity index (χ3v) is 6.76. The van der Waals surface area contributed by atoms with Gasteiger partial charge >= 0.3 is 0 Å². The summed E-state index contributed by atoms with van der Waals surface area (Å²) in [4.78, 5) is 29.8. The van der Waals surface area contributed by atoms with Gasteiger partial charge in [0, 0.05) is 44.3 Å². The number of fused-ring (bicyclic) bond motifs is 2. The molecule has 7 nitrogen and oxygen atoms in total. The SMILES string of the molecule is COc1cc2c(cc1OC)C(C(=O)N1CCCCC1)=CN(c1cccc3c1ccn3C(C)=O)C2. The Balaban J connectivity index is 1.65. The molecule has 1 saturated heterocycles. The van der Waals surface area contributed by atoms with Gasteiger partial charge in [-0.1, -0.05) is 6.07 Å². The molecule has 1 fully saturated rings. The maximum atomic E-state index is 13.7. The van der Waals surface area contributed by atoms with Crippen molar-refractivity contribution in [2.24, 2.45) is 0 Å². The molecule has 0 N–H and O–H groups in total. The summed E-state index contributed by atoms with van der Waals surface area (Å²) in [6.45, 7) is 3.67. The molecule has 0 atom stereocenters. The van der Waals surface area contributed by atoms with Crippen LogP contribution < -0.4 is 14.4 Å². The number of anilines is 1. The Morgan fingerprint density at radius 3 is 2.38 bits per heavy atom. The zero-order chi connectivity index (χ0) is 23.8. The van der Waals surface area contributed by atoms with Crippen LogP contribution in [0.4, 0.5) is 5.69 Å². The van der Waals surface area contributed by atoms with E-state index in [4.69, 9.17) is 9.47 Å². The molecule has 0 radical (unpaired) electrons. The molecule has 3 aromatic rings. The number of amides is 1. The van der Waals surface area contributed by atoms with Crippen LogP contribution in [0.3, 0.4) is 0 Å². The fourth-order valence-corrected chi connectivity index (χ4v) is 5.03. The molecule has 34 heavy (non-hydrogen) atoms. The molecule has 7 heteroatoms. The van der Waals surface area contributed by atoms with Crippen molar-refractivity contribution in [3.05, 3.63) is 59.9 Å². The van der Waals surface area contributed by atoms with E-state index in [1.54, 1.807) is 31.9 Å². The lowest BCUT2D eigenvalue weighted by atomic mass is 9.93. The molecule has 2 aliphatic rings. The monoisotopic (exact) mass is 459 g/mol. The molecule has 0 saturated carbocycles. The molecule has 0 bridgehead atoms. The number of carbonyl (C=O) groups is 2. The minimum Gasteiger partial charge on any atom is -0.493 e. The molecule has 2 aliphatic heterocycles. The topological polar surface area (TPSA) is 64.0 Å². The molecular formula is C27H29N3O4. The molecule has 0 spiro atoms. The normalized spacial score (nSPS) is 15.7. The van der Waals surface area contributed by atoms with Gasteiger partial charge < -0.3 is 19.3 Å². The lowest BCUT2D eigenvalue weighted by Crippen LogP contribution is -2.37. The van der Waals surface area contributed by atoms with Gasteiger partial charge in [0.25, 0.3) is 5.91 Å². The number of methoxy groups -OCH3 is 2. The first-order chi connectivity index (χ1) is 16.5. The van der Waals surface area contributed by atoms with Gasteiger partial charge in [-0.2, -0.15) is 0 Å². The van der Waals surface area contributed by atoms with Gasteiger partial charge in [-0.15, -0.1) is 0 Å². The van der Waals surface area contributed by atoms with Gasteiger partial charge in [-0.3, -0.25) is 14.2 Å². The first-order valence-corrected chi connectivity index (χ1v) is 11.7. The Labute approximate surface area is 199 Å². The van der Waals surface area contributed by atoms with Crippen molar-refractivity contribution < 1.29 is 19.1 Å². The number of aromatic nitrogens is 1. The molecular weight excluding hydrogens is 430 g/mol. The Kier molecular flexibility index (Phi) is 5.77. The van der Waals surface area contributed by atoms with Crippen molar-refractivity contribution in [2.45, 2.75) is 32.7 Å². The lowest BCUT2D eigenvalue weighted by Gasteiger charge is -2.33. The van der Waals surface area contributed by atoms with Crippen LogP contribution in [0.5, 0.6) is 11.5 Å². The summed E-state index contributed by atoms with van der Waals surface area (Å²) in [6.07, 6.45) is 6.96. The van der Waals surface area contributed by atoms with Crippen LogP contribution >= 0.6 is 0 Å². The largest absolute Gasteiger partial charge is 0.493 e. The zero-order valence-corrected chi connectivity index (χ0v) is 19.8. The number of piperidine rings is 1. The number of likely N-dealkylation sites (tertiary alicyclic amines) is 1. The van der Waals surface area contributed by atoms with Crippen molar-refractivity contribution in [2.75, 3.05) is 32.2 Å². The zero-order valence-electron chi connectivity index (χ0n) is 19.8. The molecule has 5 rings (SSSR count). The lowest BCUT2D eigenvalue weighted by molar-refractivity contribution is -0.125. The molecule has 0 aliphatic carbocycles. The van der Waals surface area contributed by atoms with Gasteiger partial charge in [0.15, 0.2) is 11.5 Å². The highest BCUT2D eigenvalue weighted by Crippen LogP contribution is 2.40. The molecule has 3 heterocycles. The molecule has 0 unspecified atom stereocenters. The number of carbonyl (C=O) groups excluding carboxylic acids is 2. The number of hydrogen-bond donors (Lipinski definition) is 0. The van der Waals surface area contributed by atoms with Crippen LogP contribution in [0.2, 0.25) is 0 Å². The molecule has 1 amide bonds. The van der Waals surface area contributed by atoms with E-state index in [0.29, 0.717) is 23.6 Å². The highest BCUT2D eigenvalue weighted by molar-refractivity contribution is 6.21. The Hall–Kier alpha value is -3.74. The van der Waals surface area contributed by atoms with Crippen molar-refractivity contribution in [3.8, 4) is 11.5 Å². The minimum absolute atomic E-state index is 0.0337. The number of rotatable bonds is 4. The smallest absolute Gasteiger partial charge is 0.255 e. The Morgan fingerprint density at radius 2 is 1.68 bits per heavy atom. The van der Waals surface area contributed by atoms with E-state index in [-0.39, 0.29) is 11.8 Å². The molecule has 2 aromatic carbocycles. The van der Waals surface area contributed by atoms with E-state index in [9.17, 15) is 9.59 Å². The van der Waals surface area contributed by atoms with E-state index >= 15 is 0 Å². The fourth-order valence-electron chi connectivity index (χ4n) is 5.03. The third-order valence-electron chi connectivity index (χ3n) is 6.76. The predicted molar refractivity (Wildman–Crippen MR) is 132 cm³/mol. The summed E-state index contributed by atoms with van der Waals surface area (Å²) in [6, 6.07) is 11.7. The number of hydrogen-bond acceptors (Lipinski definition) is 5. The average molecular weight is 460 g/mol. The number of benzene rings is 2. The fraction of sp³-hybridized carbons (Fsp3) is 0.333. The van der Waals surface area contributed by atoms with Crippen LogP contribution in [0, 0.1) is 0 Å². The second-order valence-electron chi connectivity index (χ2n) is 8.80. The van der Waals surface area contributed by atoms with Crippen LogP contribution in [-0.4, -0.2) is 48.6 Å². The predicted octanol–water partition coefficient (Wildman–Crippen LogP) is 4.69. The van der Waals surface area contributed by atoms with Gasteiger partial charge in [0.05, 0.1) is 31.0 Å². The average Bonchev–Trinajstić information content (AvgIpc) is 3.32. The van der Waals surface area contributed by atoms with Gasteiger partial charge in [-0.05, 0) is 60.7 Å². The minimum atomic E-state index is -0.0375. The number of nitrogens with zero attached hydrogens (tertiary/aromatic N) is 3. The first kappa shape index (κ1) is 22.1. The van der Waals surface area contributed by atoms with Crippen molar-refractivity contribution in [1.29, 1.82) is 0 Å². The quantitative estimate of drug-likeness (QED) is 0.566. The standard InChI is InChI=1S/C27H29N3O4/c1-18(31)30-13-10-20-23(8-7-9-24(20)30)29-16-19-14-25(33-2)26(34-3)15-21(19)22(17-29)27(32)28-11-5-4-6-12-28/h7-10,13-15,17H,4-6,11-12,16H2,1-3H3. The Bertz CT molecular complexity index is 1300. The van der Waals surface area contributed by atoms with E-state index in [1.807, 2.05) is 47.5 Å². The van der Waals surface area contributed by atoms with E-state index in [2.05, 4.69) is 4.90 Å². The van der Waals surface area contributed by atoms with Crippen molar-refractivity contribution in [1.82, 2.24) is 9.47 Å². The van der Waals surface area contributed by atoms with E-state index in [0.717, 1.165) is 60.1 Å². The van der Waals surface area contributed by atoms with E-state index in [1.165, 1.54) is 0 Å². The second kappa shape index (κ2) is 8.89. The number of ether oxygens (including phenoxy) is 2. The highest BCUT2D eigenvalue weighted by atomic mass is 16.5. The Morgan fingerprint density at radius 1 is 0.941 bits per heavy atom. The maximum Gasteiger partial charge on any atom is 0.255 e. The summed E-state index contributed by atoms with van der Waals surface area (Å²) in [5.74, 6) is 1.23. The summed E-state index contributed by atoms with van der Waals surface area (Å²) < 4.78 is 12.7. The van der Waals surface area contributed by atoms with E-state index < -0.39 is 0 Å². The van der Waals surface area contributed by atoms with Crippen LogP contribution in [-0.2, 0) is 11.3 Å².